The fourth-order valence-corrected chi connectivity index (χ4v) is 4.35. The average molecular weight is 301 g/mol. The third-order valence-electron chi connectivity index (χ3n) is 5.64. The van der Waals surface area contributed by atoms with E-state index in [4.69, 9.17) is 0 Å². The summed E-state index contributed by atoms with van der Waals surface area (Å²) in [6, 6.07) is 0. The molecular weight excluding hydrogens is 272 g/mol. The molecule has 20 heavy (non-hydrogen) atoms. The van der Waals surface area contributed by atoms with Crippen molar-refractivity contribution >= 4 is 18.3 Å². The van der Waals surface area contributed by atoms with Crippen molar-refractivity contribution in [2.45, 2.75) is 45.4 Å². The number of halogens is 1. The lowest BCUT2D eigenvalue weighted by Crippen LogP contribution is -2.33. The molecule has 1 saturated carbocycles. The standard InChI is InChI=1S/C16H28N2O.ClH/c1-12-2-3-13(8-12)9-16(19)18-6-4-14-10-17-11-15(14)5-7-18;/h12-15,17H,2-11H2,1H3;1H/t12?,13?,14-,15+;. The number of nitrogens with zero attached hydrogens (tertiary/aromatic N) is 1. The van der Waals surface area contributed by atoms with Crippen LogP contribution in [0.3, 0.4) is 0 Å². The van der Waals surface area contributed by atoms with E-state index in [1.807, 2.05) is 0 Å². The van der Waals surface area contributed by atoms with Crippen LogP contribution in [-0.4, -0.2) is 37.0 Å². The number of carbonyl (C=O) groups is 1. The maximum Gasteiger partial charge on any atom is 0.222 e. The van der Waals surface area contributed by atoms with Crippen LogP contribution >= 0.6 is 12.4 Å². The lowest BCUT2D eigenvalue weighted by atomic mass is 9.92. The van der Waals surface area contributed by atoms with Gasteiger partial charge >= 0.3 is 0 Å². The molecule has 0 aromatic carbocycles. The first-order valence-corrected chi connectivity index (χ1v) is 8.21. The van der Waals surface area contributed by atoms with Crippen molar-refractivity contribution in [3.8, 4) is 0 Å². The van der Waals surface area contributed by atoms with Crippen LogP contribution < -0.4 is 5.32 Å². The SMILES string of the molecule is CC1CCC(CC(=O)N2CC[C@@H]3CNC[C@@H]3CC2)C1.Cl. The Kier molecular flexibility index (Phi) is 5.74. The zero-order chi connectivity index (χ0) is 13.2. The molecular formula is C16H29ClN2O. The van der Waals surface area contributed by atoms with Gasteiger partial charge in [0.1, 0.15) is 0 Å². The summed E-state index contributed by atoms with van der Waals surface area (Å²) in [7, 11) is 0. The molecule has 1 N–H and O–H groups in total. The molecule has 2 saturated heterocycles. The van der Waals surface area contributed by atoms with Crippen molar-refractivity contribution < 1.29 is 4.79 Å². The summed E-state index contributed by atoms with van der Waals surface area (Å²) < 4.78 is 0. The first-order chi connectivity index (χ1) is 9.22. The highest BCUT2D eigenvalue weighted by atomic mass is 35.5. The normalized spacial score (nSPS) is 37.1. The first kappa shape index (κ1) is 16.1. The van der Waals surface area contributed by atoms with Gasteiger partial charge in [0.2, 0.25) is 5.91 Å². The van der Waals surface area contributed by atoms with Gasteiger partial charge in [-0.25, -0.2) is 0 Å². The Hall–Kier alpha value is -0.280. The number of hydrogen-bond donors (Lipinski definition) is 1. The molecule has 0 aromatic rings. The number of carbonyl (C=O) groups excluding carboxylic acids is 1. The average Bonchev–Trinajstić information content (AvgIpc) is 2.94. The van der Waals surface area contributed by atoms with Gasteiger partial charge in [0.25, 0.3) is 0 Å². The predicted molar refractivity (Wildman–Crippen MR) is 84.0 cm³/mol. The van der Waals surface area contributed by atoms with E-state index < -0.39 is 0 Å². The van der Waals surface area contributed by atoms with Gasteiger partial charge in [-0.05, 0) is 62.4 Å². The lowest BCUT2D eigenvalue weighted by molar-refractivity contribution is -0.132. The first-order valence-electron chi connectivity index (χ1n) is 8.21. The Morgan fingerprint density at radius 2 is 1.75 bits per heavy atom. The maximum atomic E-state index is 12.4. The summed E-state index contributed by atoms with van der Waals surface area (Å²) in [5.74, 6) is 3.60. The van der Waals surface area contributed by atoms with Crippen LogP contribution in [0.15, 0.2) is 0 Å². The number of rotatable bonds is 2. The van der Waals surface area contributed by atoms with Crippen LogP contribution in [0.4, 0.5) is 0 Å². The van der Waals surface area contributed by atoms with E-state index in [2.05, 4.69) is 17.1 Å². The molecule has 1 amide bonds. The van der Waals surface area contributed by atoms with E-state index >= 15 is 0 Å². The Bertz CT molecular complexity index is 322. The summed E-state index contributed by atoms with van der Waals surface area (Å²) >= 11 is 0. The van der Waals surface area contributed by atoms with Crippen molar-refractivity contribution in [1.82, 2.24) is 10.2 Å². The number of likely N-dealkylation sites (tertiary alicyclic amines) is 1. The van der Waals surface area contributed by atoms with E-state index in [-0.39, 0.29) is 12.4 Å². The third kappa shape index (κ3) is 3.67. The Morgan fingerprint density at radius 3 is 2.30 bits per heavy atom. The molecule has 1 aliphatic carbocycles. The van der Waals surface area contributed by atoms with Gasteiger partial charge in [0, 0.05) is 19.5 Å². The quantitative estimate of drug-likeness (QED) is 0.850. The van der Waals surface area contributed by atoms with Crippen molar-refractivity contribution in [3.63, 3.8) is 0 Å². The van der Waals surface area contributed by atoms with E-state index in [0.717, 1.165) is 37.3 Å². The van der Waals surface area contributed by atoms with Crippen LogP contribution in [0.2, 0.25) is 0 Å². The highest BCUT2D eigenvalue weighted by Gasteiger charge is 2.32. The molecule has 4 atom stereocenters. The van der Waals surface area contributed by atoms with Crippen LogP contribution in [0.5, 0.6) is 0 Å². The second-order valence-electron chi connectivity index (χ2n) is 7.12. The van der Waals surface area contributed by atoms with Crippen molar-refractivity contribution in [2.24, 2.45) is 23.7 Å². The Balaban J connectivity index is 0.00000147. The minimum atomic E-state index is 0. The van der Waals surface area contributed by atoms with Gasteiger partial charge in [-0.15, -0.1) is 12.4 Å². The molecule has 3 fully saturated rings. The van der Waals surface area contributed by atoms with E-state index in [1.54, 1.807) is 0 Å². The molecule has 0 radical (unpaired) electrons. The van der Waals surface area contributed by atoms with Gasteiger partial charge in [-0.2, -0.15) is 0 Å². The molecule has 0 bridgehead atoms. The summed E-state index contributed by atoms with van der Waals surface area (Å²) in [6.07, 6.45) is 7.12. The van der Waals surface area contributed by atoms with Crippen molar-refractivity contribution in [2.75, 3.05) is 26.2 Å². The summed E-state index contributed by atoms with van der Waals surface area (Å²) in [5.41, 5.74) is 0. The molecule has 0 aromatic heterocycles. The van der Waals surface area contributed by atoms with E-state index in [9.17, 15) is 4.79 Å². The fourth-order valence-electron chi connectivity index (χ4n) is 4.35. The van der Waals surface area contributed by atoms with Crippen LogP contribution in [0, 0.1) is 23.7 Å². The van der Waals surface area contributed by atoms with E-state index in [1.165, 1.54) is 45.2 Å². The molecule has 2 unspecified atom stereocenters. The van der Waals surface area contributed by atoms with Gasteiger partial charge < -0.3 is 10.2 Å². The maximum absolute atomic E-state index is 12.4. The zero-order valence-electron chi connectivity index (χ0n) is 12.6. The molecule has 3 nitrogen and oxygen atoms in total. The molecule has 3 rings (SSSR count). The topological polar surface area (TPSA) is 32.3 Å². The van der Waals surface area contributed by atoms with Gasteiger partial charge in [-0.1, -0.05) is 13.3 Å². The molecule has 116 valence electrons. The zero-order valence-corrected chi connectivity index (χ0v) is 13.5. The van der Waals surface area contributed by atoms with Crippen LogP contribution in [0.1, 0.15) is 45.4 Å². The lowest BCUT2D eigenvalue weighted by Gasteiger charge is -2.22. The largest absolute Gasteiger partial charge is 0.343 e. The minimum absolute atomic E-state index is 0. The Morgan fingerprint density at radius 1 is 1.10 bits per heavy atom. The molecule has 0 spiro atoms. The highest BCUT2D eigenvalue weighted by Crippen LogP contribution is 2.33. The monoisotopic (exact) mass is 300 g/mol. The van der Waals surface area contributed by atoms with Gasteiger partial charge in [-0.3, -0.25) is 4.79 Å². The highest BCUT2D eigenvalue weighted by molar-refractivity contribution is 5.85. The summed E-state index contributed by atoms with van der Waals surface area (Å²) in [5, 5.41) is 3.50. The van der Waals surface area contributed by atoms with Crippen LogP contribution in [-0.2, 0) is 4.79 Å². The molecule has 2 heterocycles. The van der Waals surface area contributed by atoms with Gasteiger partial charge in [0.15, 0.2) is 0 Å². The van der Waals surface area contributed by atoms with E-state index in [0.29, 0.717) is 11.8 Å². The van der Waals surface area contributed by atoms with Gasteiger partial charge in [0.05, 0.1) is 0 Å². The van der Waals surface area contributed by atoms with Crippen LogP contribution in [0.25, 0.3) is 0 Å². The predicted octanol–water partition coefficient (Wildman–Crippen LogP) is 2.69. The number of amides is 1. The number of hydrogen-bond acceptors (Lipinski definition) is 2. The smallest absolute Gasteiger partial charge is 0.222 e. The number of fused-ring (bicyclic) bond motifs is 1. The second kappa shape index (κ2) is 7.13. The fraction of sp³-hybridized carbons (Fsp3) is 0.938. The third-order valence-corrected chi connectivity index (χ3v) is 5.64. The Labute approximate surface area is 129 Å². The molecule has 2 aliphatic heterocycles. The second-order valence-corrected chi connectivity index (χ2v) is 7.12. The molecule has 4 heteroatoms. The summed E-state index contributed by atoms with van der Waals surface area (Å²) in [4.78, 5) is 14.6. The number of nitrogens with one attached hydrogen (secondary N) is 1. The van der Waals surface area contributed by atoms with Crippen molar-refractivity contribution in [3.05, 3.63) is 0 Å². The molecule has 3 aliphatic rings. The summed E-state index contributed by atoms with van der Waals surface area (Å²) in [6.45, 7) is 6.68. The minimum Gasteiger partial charge on any atom is -0.343 e. The van der Waals surface area contributed by atoms with Crippen molar-refractivity contribution in [1.29, 1.82) is 0 Å².